The summed E-state index contributed by atoms with van der Waals surface area (Å²) in [5.74, 6) is -0.727. The second-order valence-electron chi connectivity index (χ2n) is 3.32. The van der Waals surface area contributed by atoms with Crippen LogP contribution in [0, 0.1) is 17.1 Å². The first-order chi connectivity index (χ1) is 8.11. The van der Waals surface area contributed by atoms with E-state index in [4.69, 9.17) is 16.9 Å². The van der Waals surface area contributed by atoms with Crippen LogP contribution < -0.4 is 0 Å². The molecule has 0 saturated carbocycles. The summed E-state index contributed by atoms with van der Waals surface area (Å²) in [4.78, 5) is 3.86. The molecule has 1 aromatic heterocycles. The molecule has 0 unspecified atom stereocenters. The zero-order valence-electron chi connectivity index (χ0n) is 8.48. The molecule has 0 atom stereocenters. The first kappa shape index (κ1) is 11.4. The maximum absolute atomic E-state index is 13.5. The van der Waals surface area contributed by atoms with Crippen molar-refractivity contribution in [3.05, 3.63) is 46.9 Å². The lowest BCUT2D eigenvalue weighted by molar-refractivity contribution is 0.471. The average Bonchev–Trinajstić information content (AvgIpc) is 2.33. The molecule has 5 heteroatoms. The number of benzene rings is 1. The van der Waals surface area contributed by atoms with E-state index in [1.807, 2.05) is 0 Å². The van der Waals surface area contributed by atoms with Crippen LogP contribution in [0.4, 0.5) is 4.39 Å². The molecular weight excluding hydrogens is 243 g/mol. The molecule has 17 heavy (non-hydrogen) atoms. The predicted octanol–water partition coefficient (Wildman–Crippen LogP) is 3.12. The smallest absolute Gasteiger partial charge is 0.151 e. The number of aromatic hydroxyl groups is 1. The fourth-order valence-corrected chi connectivity index (χ4v) is 1.55. The summed E-state index contributed by atoms with van der Waals surface area (Å²) in [5.41, 5.74) is 0.475. The molecule has 1 aromatic carbocycles. The van der Waals surface area contributed by atoms with Crippen LogP contribution in [0.1, 0.15) is 5.56 Å². The highest BCUT2D eigenvalue weighted by atomic mass is 35.5. The van der Waals surface area contributed by atoms with Crippen molar-refractivity contribution in [1.29, 1.82) is 5.26 Å². The minimum absolute atomic E-state index is 0.0365. The van der Waals surface area contributed by atoms with Crippen molar-refractivity contribution in [2.24, 2.45) is 0 Å². The van der Waals surface area contributed by atoms with E-state index in [0.29, 0.717) is 5.02 Å². The molecule has 1 N–H and O–H groups in total. The van der Waals surface area contributed by atoms with E-state index in [2.05, 4.69) is 4.98 Å². The Morgan fingerprint density at radius 2 is 2.12 bits per heavy atom. The largest absolute Gasteiger partial charge is 0.505 e. The topological polar surface area (TPSA) is 56.9 Å². The zero-order chi connectivity index (χ0) is 12.4. The lowest BCUT2D eigenvalue weighted by Crippen LogP contribution is -1.89. The van der Waals surface area contributed by atoms with Crippen molar-refractivity contribution in [2.75, 3.05) is 0 Å². The van der Waals surface area contributed by atoms with Gasteiger partial charge >= 0.3 is 0 Å². The van der Waals surface area contributed by atoms with Crippen molar-refractivity contribution < 1.29 is 9.50 Å². The molecule has 84 valence electrons. The van der Waals surface area contributed by atoms with Gasteiger partial charge in [0, 0.05) is 10.6 Å². The number of halogens is 2. The standard InChI is InChI=1S/C12H6ClFN2O/c13-8-1-2-10(14)9(4-8)11-3-7(5-15)12(17)6-16-11/h1-4,6,17H. The highest BCUT2D eigenvalue weighted by Crippen LogP contribution is 2.27. The molecule has 0 aliphatic carbocycles. The van der Waals surface area contributed by atoms with E-state index in [-0.39, 0.29) is 22.6 Å². The maximum Gasteiger partial charge on any atom is 0.151 e. The number of nitrogens with zero attached hydrogens (tertiary/aromatic N) is 2. The monoisotopic (exact) mass is 248 g/mol. The third-order valence-corrected chi connectivity index (χ3v) is 2.44. The Labute approximate surface area is 102 Å². The number of rotatable bonds is 1. The highest BCUT2D eigenvalue weighted by Gasteiger charge is 2.10. The third kappa shape index (κ3) is 2.19. The molecule has 2 aromatic rings. The molecular formula is C12H6ClFN2O. The first-order valence-electron chi connectivity index (χ1n) is 4.66. The molecule has 1 heterocycles. The van der Waals surface area contributed by atoms with Gasteiger partial charge in [-0.2, -0.15) is 5.26 Å². The van der Waals surface area contributed by atoms with Crippen molar-refractivity contribution in [1.82, 2.24) is 4.98 Å². The summed E-state index contributed by atoms with van der Waals surface area (Å²) in [7, 11) is 0. The average molecular weight is 249 g/mol. The van der Waals surface area contributed by atoms with E-state index in [1.165, 1.54) is 24.3 Å². The molecule has 0 aliphatic heterocycles. The normalized spacial score (nSPS) is 9.94. The predicted molar refractivity (Wildman–Crippen MR) is 61.0 cm³/mol. The number of hydrogen-bond donors (Lipinski definition) is 1. The van der Waals surface area contributed by atoms with Gasteiger partial charge in [-0.15, -0.1) is 0 Å². The minimum atomic E-state index is -0.489. The van der Waals surface area contributed by atoms with Crippen LogP contribution in [0.25, 0.3) is 11.3 Å². The van der Waals surface area contributed by atoms with E-state index in [0.717, 1.165) is 6.20 Å². The molecule has 0 spiro atoms. The highest BCUT2D eigenvalue weighted by molar-refractivity contribution is 6.30. The molecule has 3 nitrogen and oxygen atoms in total. The lowest BCUT2D eigenvalue weighted by Gasteiger charge is -2.04. The summed E-state index contributed by atoms with van der Waals surface area (Å²) in [6.45, 7) is 0. The van der Waals surface area contributed by atoms with Gasteiger partial charge in [0.1, 0.15) is 11.9 Å². The van der Waals surface area contributed by atoms with E-state index < -0.39 is 5.82 Å². The van der Waals surface area contributed by atoms with Gasteiger partial charge in [0.15, 0.2) is 5.75 Å². The van der Waals surface area contributed by atoms with Gasteiger partial charge in [-0.3, -0.25) is 4.98 Å². The Balaban J connectivity index is 2.61. The van der Waals surface area contributed by atoms with Crippen LogP contribution in [-0.2, 0) is 0 Å². The maximum atomic E-state index is 13.5. The Morgan fingerprint density at radius 1 is 1.35 bits per heavy atom. The molecule has 0 radical (unpaired) electrons. The van der Waals surface area contributed by atoms with Crippen LogP contribution in [0.5, 0.6) is 5.75 Å². The second-order valence-corrected chi connectivity index (χ2v) is 3.76. The SMILES string of the molecule is N#Cc1cc(-c2cc(Cl)ccc2F)ncc1O. The van der Waals surface area contributed by atoms with Crippen LogP contribution in [0.15, 0.2) is 30.5 Å². The van der Waals surface area contributed by atoms with Crippen LogP contribution >= 0.6 is 11.6 Å². The Morgan fingerprint density at radius 3 is 2.82 bits per heavy atom. The molecule has 0 aliphatic rings. The van der Waals surface area contributed by atoms with Gasteiger partial charge in [-0.25, -0.2) is 4.39 Å². The number of nitriles is 1. The fourth-order valence-electron chi connectivity index (χ4n) is 1.38. The third-order valence-electron chi connectivity index (χ3n) is 2.21. The lowest BCUT2D eigenvalue weighted by atomic mass is 10.1. The van der Waals surface area contributed by atoms with Crippen molar-refractivity contribution in [2.45, 2.75) is 0 Å². The Bertz CT molecular complexity index is 622. The molecule has 0 saturated heterocycles. The van der Waals surface area contributed by atoms with Crippen molar-refractivity contribution >= 4 is 11.6 Å². The summed E-state index contributed by atoms with van der Waals surface area (Å²) in [6.07, 6.45) is 1.11. The van der Waals surface area contributed by atoms with Gasteiger partial charge in [-0.1, -0.05) is 11.6 Å². The number of hydrogen-bond acceptors (Lipinski definition) is 3. The van der Waals surface area contributed by atoms with Gasteiger partial charge in [0.25, 0.3) is 0 Å². The van der Waals surface area contributed by atoms with Crippen LogP contribution in [-0.4, -0.2) is 10.1 Å². The van der Waals surface area contributed by atoms with Gasteiger partial charge in [0.05, 0.1) is 17.5 Å². The van der Waals surface area contributed by atoms with Crippen molar-refractivity contribution in [3.63, 3.8) is 0 Å². The van der Waals surface area contributed by atoms with E-state index >= 15 is 0 Å². The summed E-state index contributed by atoms with van der Waals surface area (Å²) < 4.78 is 13.5. The number of aromatic nitrogens is 1. The number of pyridine rings is 1. The van der Waals surface area contributed by atoms with Gasteiger partial charge in [-0.05, 0) is 24.3 Å². The Hall–Kier alpha value is -2.12. The summed E-state index contributed by atoms with van der Waals surface area (Å²) >= 11 is 5.76. The van der Waals surface area contributed by atoms with E-state index in [9.17, 15) is 9.50 Å². The van der Waals surface area contributed by atoms with E-state index in [1.54, 1.807) is 6.07 Å². The fraction of sp³-hybridized carbons (Fsp3) is 0. The first-order valence-corrected chi connectivity index (χ1v) is 5.04. The molecule has 2 rings (SSSR count). The second kappa shape index (κ2) is 4.40. The van der Waals surface area contributed by atoms with Gasteiger partial charge in [0.2, 0.25) is 0 Å². The molecule has 0 fully saturated rings. The van der Waals surface area contributed by atoms with Gasteiger partial charge < -0.3 is 5.11 Å². The quantitative estimate of drug-likeness (QED) is 0.844. The molecule has 0 bridgehead atoms. The Kier molecular flexibility index (Phi) is 2.94. The molecule has 0 amide bonds. The minimum Gasteiger partial charge on any atom is -0.505 e. The van der Waals surface area contributed by atoms with Crippen molar-refractivity contribution in [3.8, 4) is 23.1 Å². The van der Waals surface area contributed by atoms with Crippen LogP contribution in [0.2, 0.25) is 5.02 Å². The summed E-state index contributed by atoms with van der Waals surface area (Å²) in [5, 5.41) is 18.4. The zero-order valence-corrected chi connectivity index (χ0v) is 9.24. The van der Waals surface area contributed by atoms with Crippen LogP contribution in [0.3, 0.4) is 0 Å². The summed E-state index contributed by atoms with van der Waals surface area (Å²) in [6, 6.07) is 7.16.